The molecule has 6 rings (SSSR count). The molecule has 3 aromatic rings. The zero-order chi connectivity index (χ0) is 32.8. The Balaban J connectivity index is 1.46. The molecule has 252 valence electrons. The van der Waals surface area contributed by atoms with Crippen molar-refractivity contribution in [3.05, 3.63) is 82.9 Å². The third kappa shape index (κ3) is 6.34. The maximum atomic E-state index is 14.6. The first kappa shape index (κ1) is 33.3. The lowest BCUT2D eigenvalue weighted by Crippen LogP contribution is -2.51. The number of fused-ring (bicyclic) bond motifs is 6. The molecule has 1 amide bonds. The first-order chi connectivity index (χ1) is 23.1. The van der Waals surface area contributed by atoms with E-state index in [1.54, 1.807) is 0 Å². The van der Waals surface area contributed by atoms with E-state index in [-0.39, 0.29) is 5.91 Å². The molecular formula is C38H53N7O2. The first-order valence-corrected chi connectivity index (χ1v) is 17.8. The maximum Gasteiger partial charge on any atom is 0.255 e. The topological polar surface area (TPSA) is 75.4 Å². The second kappa shape index (κ2) is 15.1. The van der Waals surface area contributed by atoms with Gasteiger partial charge in [-0.15, -0.1) is 0 Å². The summed E-state index contributed by atoms with van der Waals surface area (Å²) in [6, 6.07) is 21.4. The Hall–Kier alpha value is -3.63. The number of nitrogens with one attached hydrogen (secondary N) is 3. The smallest absolute Gasteiger partial charge is 0.255 e. The molecule has 3 aromatic carbocycles. The number of carbonyl (C=O) groups excluding carboxylic acids is 1. The van der Waals surface area contributed by atoms with Gasteiger partial charge >= 0.3 is 0 Å². The average molecular weight is 640 g/mol. The minimum absolute atomic E-state index is 0.0803. The minimum atomic E-state index is -0.797. The van der Waals surface area contributed by atoms with Crippen LogP contribution >= 0.6 is 0 Å². The zero-order valence-electron chi connectivity index (χ0n) is 28.8. The number of amides is 1. The van der Waals surface area contributed by atoms with Crippen molar-refractivity contribution < 1.29 is 9.53 Å². The number of benzene rings is 3. The molecule has 3 aliphatic heterocycles. The van der Waals surface area contributed by atoms with Crippen LogP contribution in [0, 0.1) is 0 Å². The van der Waals surface area contributed by atoms with Gasteiger partial charge < -0.3 is 35.4 Å². The van der Waals surface area contributed by atoms with Crippen molar-refractivity contribution in [3.8, 4) is 11.5 Å². The fourth-order valence-corrected chi connectivity index (χ4v) is 7.68. The van der Waals surface area contributed by atoms with Crippen LogP contribution in [-0.4, -0.2) is 107 Å². The summed E-state index contributed by atoms with van der Waals surface area (Å²) in [6.07, 6.45) is 0. The number of hydrogen-bond donors (Lipinski definition) is 3. The van der Waals surface area contributed by atoms with Gasteiger partial charge in [-0.05, 0) is 51.5 Å². The van der Waals surface area contributed by atoms with Gasteiger partial charge in [0.1, 0.15) is 17.0 Å². The molecule has 9 nitrogen and oxygen atoms in total. The third-order valence-electron chi connectivity index (χ3n) is 10.2. The van der Waals surface area contributed by atoms with E-state index in [2.05, 4.69) is 112 Å². The minimum Gasteiger partial charge on any atom is -0.456 e. The quantitative estimate of drug-likeness (QED) is 0.320. The predicted molar refractivity (Wildman–Crippen MR) is 192 cm³/mol. The zero-order valence-corrected chi connectivity index (χ0v) is 28.8. The van der Waals surface area contributed by atoms with Crippen LogP contribution in [0.4, 0.5) is 11.4 Å². The molecule has 0 unspecified atom stereocenters. The Morgan fingerprint density at radius 2 is 1.17 bits per heavy atom. The average Bonchev–Trinajstić information content (AvgIpc) is 3.33. The molecule has 47 heavy (non-hydrogen) atoms. The largest absolute Gasteiger partial charge is 0.456 e. The van der Waals surface area contributed by atoms with E-state index in [9.17, 15) is 4.79 Å². The highest BCUT2D eigenvalue weighted by Gasteiger charge is 2.56. The van der Waals surface area contributed by atoms with Crippen LogP contribution in [0.1, 0.15) is 54.7 Å². The summed E-state index contributed by atoms with van der Waals surface area (Å²) < 4.78 is 6.87. The molecule has 9 heteroatoms. The maximum absolute atomic E-state index is 14.6. The van der Waals surface area contributed by atoms with Crippen molar-refractivity contribution in [3.63, 3.8) is 0 Å². The molecule has 3 N–H and O–H groups in total. The van der Waals surface area contributed by atoms with E-state index in [0.29, 0.717) is 6.54 Å². The van der Waals surface area contributed by atoms with Crippen molar-refractivity contribution in [1.82, 2.24) is 25.8 Å². The highest BCUT2D eigenvalue weighted by Crippen LogP contribution is 2.58. The van der Waals surface area contributed by atoms with E-state index in [1.807, 2.05) is 12.1 Å². The molecular weight excluding hydrogens is 586 g/mol. The normalized spacial score (nSPS) is 18.0. The van der Waals surface area contributed by atoms with Gasteiger partial charge in [-0.3, -0.25) is 9.69 Å². The lowest BCUT2D eigenvalue weighted by molar-refractivity contribution is 0.0635. The van der Waals surface area contributed by atoms with Crippen molar-refractivity contribution in [2.45, 2.75) is 33.2 Å². The second-order valence-corrected chi connectivity index (χ2v) is 12.6. The number of hydrogen-bond acceptors (Lipinski definition) is 8. The Morgan fingerprint density at radius 3 is 1.70 bits per heavy atom. The predicted octanol–water partition coefficient (Wildman–Crippen LogP) is 4.32. The Kier molecular flexibility index (Phi) is 10.7. The van der Waals surface area contributed by atoms with Gasteiger partial charge in [-0.1, -0.05) is 30.3 Å². The van der Waals surface area contributed by atoms with E-state index in [0.717, 1.165) is 130 Å². The SMILES string of the molecule is CCN(CC)c1ccc2c(c1)Oc1cc(N(CC)CC)ccc1C21c2ccccc2C(=O)N1CCN1CCNCCNCCNCC1. The summed E-state index contributed by atoms with van der Waals surface area (Å²) in [4.78, 5) is 24.0. The molecule has 3 heterocycles. The summed E-state index contributed by atoms with van der Waals surface area (Å²) >= 11 is 0. The van der Waals surface area contributed by atoms with Gasteiger partial charge in [0, 0.05) is 132 Å². The van der Waals surface area contributed by atoms with Crippen molar-refractivity contribution in [2.24, 2.45) is 0 Å². The number of nitrogens with zero attached hydrogens (tertiary/aromatic N) is 4. The lowest BCUT2D eigenvalue weighted by Gasteiger charge is -2.45. The second-order valence-electron chi connectivity index (χ2n) is 12.6. The van der Waals surface area contributed by atoms with E-state index >= 15 is 0 Å². The summed E-state index contributed by atoms with van der Waals surface area (Å²) in [6.45, 7) is 21.3. The van der Waals surface area contributed by atoms with Crippen molar-refractivity contribution in [2.75, 3.05) is 101 Å². The molecule has 0 aliphatic carbocycles. The van der Waals surface area contributed by atoms with E-state index < -0.39 is 5.54 Å². The fraction of sp³-hybridized carbons (Fsp3) is 0.500. The summed E-state index contributed by atoms with van der Waals surface area (Å²) in [5.74, 6) is 1.72. The number of anilines is 2. The van der Waals surface area contributed by atoms with Gasteiger partial charge in [0.15, 0.2) is 0 Å². The van der Waals surface area contributed by atoms with Crippen LogP contribution < -0.4 is 30.5 Å². The highest BCUT2D eigenvalue weighted by atomic mass is 16.5. The summed E-state index contributed by atoms with van der Waals surface area (Å²) in [5.41, 5.74) is 5.33. The molecule has 3 aliphatic rings. The van der Waals surface area contributed by atoms with Gasteiger partial charge in [0.25, 0.3) is 5.91 Å². The number of carbonyl (C=O) groups is 1. The monoisotopic (exact) mass is 639 g/mol. The van der Waals surface area contributed by atoms with Crippen LogP contribution in [0.3, 0.4) is 0 Å². The van der Waals surface area contributed by atoms with Gasteiger partial charge in [0.05, 0.1) is 0 Å². The Morgan fingerprint density at radius 1 is 0.660 bits per heavy atom. The van der Waals surface area contributed by atoms with E-state index in [4.69, 9.17) is 4.74 Å². The molecule has 0 atom stereocenters. The fourth-order valence-electron chi connectivity index (χ4n) is 7.68. The van der Waals surface area contributed by atoms with Gasteiger partial charge in [0.2, 0.25) is 0 Å². The molecule has 0 bridgehead atoms. The molecule has 0 saturated carbocycles. The molecule has 0 aromatic heterocycles. The van der Waals surface area contributed by atoms with Crippen LogP contribution in [0.15, 0.2) is 60.7 Å². The van der Waals surface area contributed by atoms with Gasteiger partial charge in [-0.2, -0.15) is 0 Å². The van der Waals surface area contributed by atoms with Crippen molar-refractivity contribution in [1.29, 1.82) is 0 Å². The molecule has 1 saturated heterocycles. The first-order valence-electron chi connectivity index (χ1n) is 17.8. The van der Waals surface area contributed by atoms with Crippen LogP contribution in [-0.2, 0) is 5.54 Å². The molecule has 1 fully saturated rings. The lowest BCUT2D eigenvalue weighted by atomic mass is 9.74. The molecule has 0 radical (unpaired) electrons. The third-order valence-corrected chi connectivity index (χ3v) is 10.2. The van der Waals surface area contributed by atoms with Crippen LogP contribution in [0.25, 0.3) is 0 Å². The van der Waals surface area contributed by atoms with Gasteiger partial charge in [-0.25, -0.2) is 0 Å². The standard InChI is InChI=1S/C38H53N7O2/c1-5-43(6-2)29-13-15-33-35(27-29)47-36-28-30(44(7-3)8-4)14-16-34(36)38(33)32-12-10-9-11-31(32)37(46)45(38)26-25-42-23-21-40-19-17-39-18-20-41-22-24-42/h9-16,27-28,39-41H,5-8,17-26H2,1-4H3. The number of rotatable bonds is 9. The van der Waals surface area contributed by atoms with E-state index in [1.165, 1.54) is 0 Å². The summed E-state index contributed by atoms with van der Waals surface area (Å²) in [5, 5.41) is 10.6. The Labute approximate surface area is 281 Å². The van der Waals surface area contributed by atoms with Crippen LogP contribution in [0.2, 0.25) is 0 Å². The van der Waals surface area contributed by atoms with Crippen LogP contribution in [0.5, 0.6) is 11.5 Å². The summed E-state index contributed by atoms with van der Waals surface area (Å²) in [7, 11) is 0. The van der Waals surface area contributed by atoms with Crippen molar-refractivity contribution >= 4 is 17.3 Å². The number of ether oxygens (including phenoxy) is 1. The Bertz CT molecular complexity index is 1450. The highest BCUT2D eigenvalue weighted by molar-refractivity contribution is 6.02. The molecule has 1 spiro atoms.